The molecule has 0 saturated carbocycles. The Morgan fingerprint density at radius 2 is 1.06 bits per heavy atom. The van der Waals surface area contributed by atoms with Crippen LogP contribution in [0.3, 0.4) is 0 Å². The SMILES string of the molecule is Cc1ccc(Oc2ccc(C)cc2C)c(C)c1. The molecule has 0 unspecified atom stereocenters. The molecule has 0 fully saturated rings. The van der Waals surface area contributed by atoms with Gasteiger partial charge < -0.3 is 4.74 Å². The van der Waals surface area contributed by atoms with Gasteiger partial charge in [-0.3, -0.25) is 0 Å². The summed E-state index contributed by atoms with van der Waals surface area (Å²) in [6, 6.07) is 12.5. The minimum Gasteiger partial charge on any atom is -0.457 e. The minimum atomic E-state index is 0.933. The average molecular weight is 226 g/mol. The van der Waals surface area contributed by atoms with Crippen molar-refractivity contribution in [3.05, 3.63) is 58.7 Å². The molecule has 0 aliphatic rings. The third kappa shape index (κ3) is 2.68. The normalized spacial score (nSPS) is 10.4. The van der Waals surface area contributed by atoms with Crippen LogP contribution < -0.4 is 4.74 Å². The first-order chi connectivity index (χ1) is 8.06. The second-order valence-corrected chi connectivity index (χ2v) is 4.64. The molecule has 0 atom stereocenters. The van der Waals surface area contributed by atoms with Crippen molar-refractivity contribution in [3.8, 4) is 11.5 Å². The van der Waals surface area contributed by atoms with Crippen LogP contribution >= 0.6 is 0 Å². The number of aryl methyl sites for hydroxylation is 4. The van der Waals surface area contributed by atoms with Crippen molar-refractivity contribution < 1.29 is 4.74 Å². The van der Waals surface area contributed by atoms with Gasteiger partial charge in [0.25, 0.3) is 0 Å². The van der Waals surface area contributed by atoms with E-state index >= 15 is 0 Å². The van der Waals surface area contributed by atoms with E-state index in [1.54, 1.807) is 0 Å². The van der Waals surface area contributed by atoms with E-state index in [0.29, 0.717) is 0 Å². The van der Waals surface area contributed by atoms with Crippen LogP contribution in [0.15, 0.2) is 36.4 Å². The maximum atomic E-state index is 5.95. The van der Waals surface area contributed by atoms with Gasteiger partial charge in [0.2, 0.25) is 0 Å². The smallest absolute Gasteiger partial charge is 0.130 e. The fourth-order valence-corrected chi connectivity index (χ4v) is 1.95. The van der Waals surface area contributed by atoms with Crippen LogP contribution in [0.5, 0.6) is 11.5 Å². The van der Waals surface area contributed by atoms with Gasteiger partial charge in [0.15, 0.2) is 0 Å². The van der Waals surface area contributed by atoms with E-state index in [1.165, 1.54) is 22.3 Å². The number of ether oxygens (including phenoxy) is 1. The number of hydrogen-bond acceptors (Lipinski definition) is 1. The predicted molar refractivity (Wildman–Crippen MR) is 71.9 cm³/mol. The summed E-state index contributed by atoms with van der Waals surface area (Å²) in [5.74, 6) is 1.87. The maximum absolute atomic E-state index is 5.95. The van der Waals surface area contributed by atoms with Gasteiger partial charge in [-0.2, -0.15) is 0 Å². The Balaban J connectivity index is 2.31. The molecule has 0 saturated heterocycles. The summed E-state index contributed by atoms with van der Waals surface area (Å²) in [5, 5.41) is 0. The van der Waals surface area contributed by atoms with Gasteiger partial charge in [-0.25, -0.2) is 0 Å². The Morgan fingerprint density at radius 1 is 0.647 bits per heavy atom. The first-order valence-corrected chi connectivity index (χ1v) is 5.88. The highest BCUT2D eigenvalue weighted by molar-refractivity contribution is 5.43. The Hall–Kier alpha value is -1.76. The van der Waals surface area contributed by atoms with Crippen LogP contribution in [0.1, 0.15) is 22.3 Å². The second kappa shape index (κ2) is 4.62. The van der Waals surface area contributed by atoms with Crippen LogP contribution in [0.25, 0.3) is 0 Å². The maximum Gasteiger partial charge on any atom is 0.130 e. The monoisotopic (exact) mass is 226 g/mol. The zero-order chi connectivity index (χ0) is 12.4. The van der Waals surface area contributed by atoms with Gasteiger partial charge in [0.05, 0.1) is 0 Å². The van der Waals surface area contributed by atoms with Crippen LogP contribution in [-0.2, 0) is 0 Å². The molecule has 2 aromatic carbocycles. The number of benzene rings is 2. The van der Waals surface area contributed by atoms with E-state index in [9.17, 15) is 0 Å². The van der Waals surface area contributed by atoms with Crippen LogP contribution in [0.2, 0.25) is 0 Å². The van der Waals surface area contributed by atoms with Gasteiger partial charge in [0.1, 0.15) is 11.5 Å². The molecule has 0 heterocycles. The number of rotatable bonds is 2. The molecule has 0 aromatic heterocycles. The molecule has 88 valence electrons. The topological polar surface area (TPSA) is 9.23 Å². The Morgan fingerprint density at radius 3 is 1.41 bits per heavy atom. The molecule has 0 bridgehead atoms. The van der Waals surface area contributed by atoms with Crippen molar-refractivity contribution in [2.75, 3.05) is 0 Å². The highest BCUT2D eigenvalue weighted by Crippen LogP contribution is 2.28. The van der Waals surface area contributed by atoms with E-state index < -0.39 is 0 Å². The second-order valence-electron chi connectivity index (χ2n) is 4.64. The third-order valence-corrected chi connectivity index (χ3v) is 2.88. The Kier molecular flexibility index (Phi) is 3.19. The lowest BCUT2D eigenvalue weighted by atomic mass is 10.1. The summed E-state index contributed by atoms with van der Waals surface area (Å²) >= 11 is 0. The van der Waals surface area contributed by atoms with E-state index in [1.807, 2.05) is 12.1 Å². The minimum absolute atomic E-state index is 0.933. The van der Waals surface area contributed by atoms with Gasteiger partial charge in [-0.1, -0.05) is 35.4 Å². The molecule has 0 aliphatic heterocycles. The van der Waals surface area contributed by atoms with Gasteiger partial charge in [-0.05, 0) is 51.0 Å². The summed E-state index contributed by atoms with van der Waals surface area (Å²) in [6.07, 6.45) is 0. The predicted octanol–water partition coefficient (Wildman–Crippen LogP) is 4.71. The summed E-state index contributed by atoms with van der Waals surface area (Å²) < 4.78 is 5.95. The zero-order valence-electron chi connectivity index (χ0n) is 10.9. The molecular formula is C16H18O. The van der Waals surface area contributed by atoms with Crippen molar-refractivity contribution in [3.63, 3.8) is 0 Å². The molecule has 1 nitrogen and oxygen atoms in total. The molecule has 0 N–H and O–H groups in total. The molecule has 1 heteroatoms. The van der Waals surface area contributed by atoms with E-state index in [2.05, 4.69) is 52.0 Å². The first kappa shape index (κ1) is 11.7. The average Bonchev–Trinajstić information content (AvgIpc) is 2.25. The zero-order valence-corrected chi connectivity index (χ0v) is 10.9. The summed E-state index contributed by atoms with van der Waals surface area (Å²) in [6.45, 7) is 8.33. The molecule has 0 amide bonds. The van der Waals surface area contributed by atoms with Crippen molar-refractivity contribution in [2.45, 2.75) is 27.7 Å². The van der Waals surface area contributed by atoms with E-state index in [0.717, 1.165) is 11.5 Å². The lowest BCUT2D eigenvalue weighted by Crippen LogP contribution is -1.91. The standard InChI is InChI=1S/C16H18O/c1-11-5-7-15(13(3)9-11)17-16-8-6-12(2)10-14(16)4/h5-10H,1-4H3. The van der Waals surface area contributed by atoms with Gasteiger partial charge >= 0.3 is 0 Å². The van der Waals surface area contributed by atoms with Crippen molar-refractivity contribution in [2.24, 2.45) is 0 Å². The molecular weight excluding hydrogens is 208 g/mol. The lowest BCUT2D eigenvalue weighted by molar-refractivity contribution is 0.475. The Bertz CT molecular complexity index is 492. The van der Waals surface area contributed by atoms with Crippen LogP contribution in [0.4, 0.5) is 0 Å². The largest absolute Gasteiger partial charge is 0.457 e. The molecule has 0 aliphatic carbocycles. The van der Waals surface area contributed by atoms with Crippen molar-refractivity contribution >= 4 is 0 Å². The summed E-state index contributed by atoms with van der Waals surface area (Å²) in [4.78, 5) is 0. The highest BCUT2D eigenvalue weighted by Gasteiger charge is 2.04. The van der Waals surface area contributed by atoms with Crippen molar-refractivity contribution in [1.29, 1.82) is 0 Å². The van der Waals surface area contributed by atoms with Gasteiger partial charge in [-0.15, -0.1) is 0 Å². The summed E-state index contributed by atoms with van der Waals surface area (Å²) in [7, 11) is 0. The molecule has 17 heavy (non-hydrogen) atoms. The molecule has 0 radical (unpaired) electrons. The fraction of sp³-hybridized carbons (Fsp3) is 0.250. The number of hydrogen-bond donors (Lipinski definition) is 0. The molecule has 2 aromatic rings. The van der Waals surface area contributed by atoms with E-state index in [4.69, 9.17) is 4.74 Å². The Labute approximate surface area is 103 Å². The highest BCUT2D eigenvalue weighted by atomic mass is 16.5. The lowest BCUT2D eigenvalue weighted by Gasteiger charge is -2.12. The third-order valence-electron chi connectivity index (χ3n) is 2.88. The summed E-state index contributed by atoms with van der Waals surface area (Å²) in [5.41, 5.74) is 4.86. The van der Waals surface area contributed by atoms with Crippen LogP contribution in [0, 0.1) is 27.7 Å². The molecule has 2 rings (SSSR count). The fourth-order valence-electron chi connectivity index (χ4n) is 1.95. The van der Waals surface area contributed by atoms with Gasteiger partial charge in [0, 0.05) is 0 Å². The van der Waals surface area contributed by atoms with E-state index in [-0.39, 0.29) is 0 Å². The quantitative estimate of drug-likeness (QED) is 0.720. The first-order valence-electron chi connectivity index (χ1n) is 5.88. The van der Waals surface area contributed by atoms with Crippen LogP contribution in [-0.4, -0.2) is 0 Å². The van der Waals surface area contributed by atoms with Crippen molar-refractivity contribution in [1.82, 2.24) is 0 Å². The molecule has 0 spiro atoms.